The molecule has 1 unspecified atom stereocenters. The molecule has 2 rings (SSSR count). The van der Waals surface area contributed by atoms with Crippen LogP contribution in [0.4, 0.5) is 0 Å². The van der Waals surface area contributed by atoms with Crippen molar-refractivity contribution in [3.63, 3.8) is 0 Å². The second kappa shape index (κ2) is 7.95. The van der Waals surface area contributed by atoms with Gasteiger partial charge in [0.05, 0.1) is 0 Å². The van der Waals surface area contributed by atoms with Crippen LogP contribution in [-0.2, 0) is 4.79 Å². The van der Waals surface area contributed by atoms with Crippen LogP contribution in [0.3, 0.4) is 0 Å². The van der Waals surface area contributed by atoms with Gasteiger partial charge < -0.3 is 0 Å². The van der Waals surface area contributed by atoms with Gasteiger partial charge in [-0.3, -0.25) is 9.59 Å². The van der Waals surface area contributed by atoms with Crippen LogP contribution >= 0.6 is 0 Å². The maximum atomic E-state index is 12.7. The third kappa shape index (κ3) is 5.26. The quantitative estimate of drug-likeness (QED) is 0.497. The second-order valence-electron chi connectivity index (χ2n) is 8.09. The number of Topliss-reactive ketones (excluding diaryl/α,β-unsaturated/α-hetero) is 1. The molecule has 0 aromatic heterocycles. The molecule has 25 heavy (non-hydrogen) atoms. The lowest BCUT2D eigenvalue weighted by atomic mass is 9.80. The van der Waals surface area contributed by atoms with Crippen molar-refractivity contribution in [3.05, 3.63) is 59.2 Å². The number of rotatable bonds is 2. The zero-order valence-corrected chi connectivity index (χ0v) is 16.1. The zero-order chi connectivity index (χ0) is 18.6. The van der Waals surface area contributed by atoms with Crippen molar-refractivity contribution in [1.82, 2.24) is 0 Å². The van der Waals surface area contributed by atoms with Crippen LogP contribution in [-0.4, -0.2) is 11.6 Å². The van der Waals surface area contributed by atoms with Crippen molar-refractivity contribution >= 4 is 11.6 Å². The summed E-state index contributed by atoms with van der Waals surface area (Å²) < 4.78 is 0. The van der Waals surface area contributed by atoms with Gasteiger partial charge in [0.15, 0.2) is 11.6 Å². The molecule has 0 fully saturated rings. The smallest absolute Gasteiger partial charge is 0.159 e. The molecule has 0 heterocycles. The molecule has 1 aliphatic rings. The first kappa shape index (κ1) is 19.4. The molecule has 2 atom stereocenters. The fourth-order valence-electron chi connectivity index (χ4n) is 3.34. The topological polar surface area (TPSA) is 34.1 Å². The van der Waals surface area contributed by atoms with Crippen LogP contribution in [0.1, 0.15) is 75.7 Å². The SMILES string of the molecule is CC(=O)c1cccc(C2CC/C(C)=C/CC(C)(C)/C=C/C(=O)[C@@H]2C)c1. The van der Waals surface area contributed by atoms with Gasteiger partial charge in [-0.05, 0) is 62.1 Å². The summed E-state index contributed by atoms with van der Waals surface area (Å²) in [5, 5.41) is 0. The van der Waals surface area contributed by atoms with Gasteiger partial charge in [-0.15, -0.1) is 0 Å². The second-order valence-corrected chi connectivity index (χ2v) is 8.09. The number of hydrogen-bond acceptors (Lipinski definition) is 2. The molecule has 0 N–H and O–H groups in total. The van der Waals surface area contributed by atoms with E-state index in [4.69, 9.17) is 0 Å². The Kier molecular flexibility index (Phi) is 6.16. The molecule has 1 aliphatic carbocycles. The third-order valence-electron chi connectivity index (χ3n) is 5.30. The molecular formula is C23H30O2. The van der Waals surface area contributed by atoms with Crippen LogP contribution in [0.2, 0.25) is 0 Å². The molecule has 1 aromatic rings. The Hall–Kier alpha value is -1.96. The largest absolute Gasteiger partial charge is 0.295 e. The van der Waals surface area contributed by atoms with Crippen LogP contribution in [0, 0.1) is 11.3 Å². The highest BCUT2D eigenvalue weighted by atomic mass is 16.1. The molecule has 1 aromatic carbocycles. The Morgan fingerprint density at radius 3 is 2.64 bits per heavy atom. The summed E-state index contributed by atoms with van der Waals surface area (Å²) in [6.45, 7) is 10.1. The average molecular weight is 338 g/mol. The minimum atomic E-state index is -0.0971. The number of carbonyl (C=O) groups excluding carboxylic acids is 2. The van der Waals surface area contributed by atoms with E-state index < -0.39 is 0 Å². The van der Waals surface area contributed by atoms with Gasteiger partial charge >= 0.3 is 0 Å². The van der Waals surface area contributed by atoms with E-state index in [1.54, 1.807) is 13.0 Å². The molecule has 0 saturated carbocycles. The van der Waals surface area contributed by atoms with E-state index in [1.807, 2.05) is 37.3 Å². The summed E-state index contributed by atoms with van der Waals surface area (Å²) in [4.78, 5) is 24.5. The molecule has 0 aliphatic heterocycles. The summed E-state index contributed by atoms with van der Waals surface area (Å²) in [6, 6.07) is 7.78. The van der Waals surface area contributed by atoms with E-state index in [2.05, 4.69) is 26.8 Å². The van der Waals surface area contributed by atoms with E-state index in [-0.39, 0.29) is 28.8 Å². The number of ketones is 2. The lowest BCUT2D eigenvalue weighted by molar-refractivity contribution is -0.118. The zero-order valence-electron chi connectivity index (χ0n) is 16.1. The van der Waals surface area contributed by atoms with Gasteiger partial charge in [0.1, 0.15) is 0 Å². The van der Waals surface area contributed by atoms with Crippen molar-refractivity contribution in [2.75, 3.05) is 0 Å². The standard InChI is InChI=1S/C23H30O2/c1-16-9-10-21(20-8-6-7-19(15-20)18(3)24)17(2)22(25)12-14-23(4,5)13-11-16/h6-8,11-12,14-15,17,21H,9-10,13H2,1-5H3/b14-12+,16-11+/t17-,21?/m1/s1. The highest BCUT2D eigenvalue weighted by Gasteiger charge is 2.26. The van der Waals surface area contributed by atoms with Crippen molar-refractivity contribution < 1.29 is 9.59 Å². The Morgan fingerprint density at radius 2 is 1.96 bits per heavy atom. The normalized spacial score (nSPS) is 27.7. The third-order valence-corrected chi connectivity index (χ3v) is 5.30. The van der Waals surface area contributed by atoms with Gasteiger partial charge in [0.25, 0.3) is 0 Å². The fraction of sp³-hybridized carbons (Fsp3) is 0.478. The van der Waals surface area contributed by atoms with E-state index in [9.17, 15) is 9.59 Å². The molecule has 0 bridgehead atoms. The molecule has 2 heteroatoms. The van der Waals surface area contributed by atoms with Gasteiger partial charge in [-0.25, -0.2) is 0 Å². The van der Waals surface area contributed by atoms with E-state index in [0.717, 1.165) is 30.4 Å². The first-order valence-corrected chi connectivity index (χ1v) is 9.19. The highest BCUT2D eigenvalue weighted by molar-refractivity contribution is 5.94. The van der Waals surface area contributed by atoms with Crippen molar-refractivity contribution in [2.24, 2.45) is 11.3 Å². The van der Waals surface area contributed by atoms with E-state index >= 15 is 0 Å². The number of allylic oxidation sites excluding steroid dienone is 4. The number of hydrogen-bond donors (Lipinski definition) is 0. The van der Waals surface area contributed by atoms with Crippen LogP contribution in [0.15, 0.2) is 48.1 Å². The molecule has 0 spiro atoms. The monoisotopic (exact) mass is 338 g/mol. The van der Waals surface area contributed by atoms with Gasteiger partial charge in [0.2, 0.25) is 0 Å². The van der Waals surface area contributed by atoms with Crippen molar-refractivity contribution in [3.8, 4) is 0 Å². The first-order chi connectivity index (χ1) is 11.7. The van der Waals surface area contributed by atoms with Gasteiger partial charge in [0, 0.05) is 11.5 Å². The Morgan fingerprint density at radius 1 is 1.24 bits per heavy atom. The molecular weight excluding hydrogens is 308 g/mol. The predicted molar refractivity (Wildman–Crippen MR) is 104 cm³/mol. The highest BCUT2D eigenvalue weighted by Crippen LogP contribution is 2.34. The van der Waals surface area contributed by atoms with Crippen LogP contribution in [0.25, 0.3) is 0 Å². The lowest BCUT2D eigenvalue weighted by Gasteiger charge is -2.23. The Labute approximate surface area is 152 Å². The maximum absolute atomic E-state index is 12.7. The average Bonchev–Trinajstić information content (AvgIpc) is 2.59. The predicted octanol–water partition coefficient (Wildman–Crippen LogP) is 5.89. The van der Waals surface area contributed by atoms with Crippen molar-refractivity contribution in [2.45, 2.75) is 59.8 Å². The minimum absolute atomic E-state index is 0.00891. The number of carbonyl (C=O) groups is 2. The first-order valence-electron chi connectivity index (χ1n) is 9.19. The van der Waals surface area contributed by atoms with Crippen molar-refractivity contribution in [1.29, 1.82) is 0 Å². The van der Waals surface area contributed by atoms with Crippen LogP contribution < -0.4 is 0 Å². The lowest BCUT2D eigenvalue weighted by Crippen LogP contribution is -2.19. The molecule has 0 saturated heterocycles. The summed E-state index contributed by atoms with van der Waals surface area (Å²) in [5.41, 5.74) is 3.17. The van der Waals surface area contributed by atoms with E-state index in [0.29, 0.717) is 0 Å². The van der Waals surface area contributed by atoms with Gasteiger partial charge in [-0.2, -0.15) is 0 Å². The fourth-order valence-corrected chi connectivity index (χ4v) is 3.34. The maximum Gasteiger partial charge on any atom is 0.159 e. The Balaban J connectivity index is 2.40. The summed E-state index contributed by atoms with van der Waals surface area (Å²) in [6.07, 6.45) is 8.95. The summed E-state index contributed by atoms with van der Waals surface area (Å²) in [7, 11) is 0. The molecule has 134 valence electrons. The summed E-state index contributed by atoms with van der Waals surface area (Å²) in [5.74, 6) is 0.266. The summed E-state index contributed by atoms with van der Waals surface area (Å²) >= 11 is 0. The van der Waals surface area contributed by atoms with Crippen LogP contribution in [0.5, 0.6) is 0 Å². The molecule has 0 radical (unpaired) electrons. The minimum Gasteiger partial charge on any atom is -0.295 e. The Bertz CT molecular complexity index is 707. The molecule has 2 nitrogen and oxygen atoms in total. The van der Waals surface area contributed by atoms with Gasteiger partial charge in [-0.1, -0.05) is 56.7 Å². The number of benzene rings is 1. The van der Waals surface area contributed by atoms with E-state index in [1.165, 1.54) is 5.57 Å². The molecule has 0 amide bonds.